The Balaban J connectivity index is 2.16. The van der Waals surface area contributed by atoms with Crippen LogP contribution in [-0.2, 0) is 0 Å². The van der Waals surface area contributed by atoms with Crippen molar-refractivity contribution in [1.29, 1.82) is 0 Å². The summed E-state index contributed by atoms with van der Waals surface area (Å²) < 4.78 is 5.35. The molecule has 0 fully saturated rings. The van der Waals surface area contributed by atoms with Crippen molar-refractivity contribution < 1.29 is 4.42 Å². The smallest absolute Gasteiger partial charge is 0.277 e. The Kier molecular flexibility index (Phi) is 3.81. The van der Waals surface area contributed by atoms with E-state index in [1.165, 1.54) is 22.9 Å². The van der Waals surface area contributed by atoms with E-state index >= 15 is 0 Å². The van der Waals surface area contributed by atoms with Crippen molar-refractivity contribution in [3.63, 3.8) is 0 Å². The maximum Gasteiger partial charge on any atom is 0.277 e. The highest BCUT2D eigenvalue weighted by atomic mass is 32.2. The average Bonchev–Trinajstić information content (AvgIpc) is 2.72. The second-order valence-corrected chi connectivity index (χ2v) is 5.00. The van der Waals surface area contributed by atoms with Gasteiger partial charge < -0.3 is 10.2 Å². The zero-order valence-electron chi connectivity index (χ0n) is 9.88. The van der Waals surface area contributed by atoms with E-state index in [9.17, 15) is 0 Å². The third-order valence-electron chi connectivity index (χ3n) is 2.38. The lowest BCUT2D eigenvalue weighted by Gasteiger charge is -2.12. The lowest BCUT2D eigenvalue weighted by Crippen LogP contribution is -2.09. The average molecular weight is 249 g/mol. The van der Waals surface area contributed by atoms with Gasteiger partial charge in [-0.3, -0.25) is 0 Å². The molecule has 1 unspecified atom stereocenters. The van der Waals surface area contributed by atoms with Gasteiger partial charge in [0.1, 0.15) is 0 Å². The fourth-order valence-corrected chi connectivity index (χ4v) is 2.45. The molecular weight excluding hydrogens is 234 g/mol. The molecule has 0 aliphatic rings. The molecule has 0 bridgehead atoms. The Morgan fingerprint density at radius 3 is 2.76 bits per heavy atom. The maximum atomic E-state index is 5.80. The third-order valence-corrected chi connectivity index (χ3v) is 3.49. The molecule has 1 atom stereocenters. The molecule has 0 saturated carbocycles. The standard InChI is InChI=1S/C12H15N3OS/c1-8-4-3-5-10(6-8)11(7-13)17-12-15-14-9(2)16-12/h3-6,11H,7,13H2,1-2H3. The van der Waals surface area contributed by atoms with E-state index in [1.807, 2.05) is 6.07 Å². The lowest BCUT2D eigenvalue weighted by atomic mass is 10.1. The van der Waals surface area contributed by atoms with Gasteiger partial charge in [0.25, 0.3) is 5.22 Å². The van der Waals surface area contributed by atoms with Crippen LogP contribution in [0.2, 0.25) is 0 Å². The predicted octanol–water partition coefficient (Wildman–Crippen LogP) is 2.48. The van der Waals surface area contributed by atoms with Crippen molar-refractivity contribution >= 4 is 11.8 Å². The zero-order chi connectivity index (χ0) is 12.3. The van der Waals surface area contributed by atoms with Gasteiger partial charge in [-0.1, -0.05) is 41.6 Å². The number of nitrogens with zero attached hydrogens (tertiary/aromatic N) is 2. The van der Waals surface area contributed by atoms with Crippen molar-refractivity contribution in [1.82, 2.24) is 10.2 Å². The predicted molar refractivity (Wildman–Crippen MR) is 67.9 cm³/mol. The number of rotatable bonds is 4. The first kappa shape index (κ1) is 12.1. The first-order valence-corrected chi connectivity index (χ1v) is 6.30. The Morgan fingerprint density at radius 2 is 2.18 bits per heavy atom. The van der Waals surface area contributed by atoms with Gasteiger partial charge in [-0.05, 0) is 12.5 Å². The van der Waals surface area contributed by atoms with Gasteiger partial charge in [-0.15, -0.1) is 10.2 Å². The fourth-order valence-electron chi connectivity index (χ4n) is 1.57. The molecule has 2 N–H and O–H groups in total. The van der Waals surface area contributed by atoms with E-state index in [1.54, 1.807) is 6.92 Å². The summed E-state index contributed by atoms with van der Waals surface area (Å²) in [5.41, 5.74) is 8.21. The Bertz CT molecular complexity index is 498. The molecule has 1 aromatic carbocycles. The maximum absolute atomic E-state index is 5.80. The van der Waals surface area contributed by atoms with E-state index in [4.69, 9.17) is 10.2 Å². The minimum Gasteiger partial charge on any atom is -0.416 e. The summed E-state index contributed by atoms with van der Waals surface area (Å²) in [5.74, 6) is 0.576. The summed E-state index contributed by atoms with van der Waals surface area (Å²) in [6, 6.07) is 8.31. The monoisotopic (exact) mass is 249 g/mol. The molecule has 2 aromatic rings. The molecule has 17 heavy (non-hydrogen) atoms. The van der Waals surface area contributed by atoms with Crippen molar-refractivity contribution in [3.8, 4) is 0 Å². The summed E-state index contributed by atoms with van der Waals surface area (Å²) in [6.07, 6.45) is 0. The van der Waals surface area contributed by atoms with Crippen molar-refractivity contribution in [3.05, 3.63) is 41.3 Å². The van der Waals surface area contributed by atoms with E-state index in [-0.39, 0.29) is 5.25 Å². The molecule has 0 spiro atoms. The van der Waals surface area contributed by atoms with Crippen LogP contribution in [0.25, 0.3) is 0 Å². The molecule has 0 amide bonds. The quantitative estimate of drug-likeness (QED) is 0.843. The van der Waals surface area contributed by atoms with Crippen LogP contribution in [0.5, 0.6) is 0 Å². The summed E-state index contributed by atoms with van der Waals surface area (Å²) in [4.78, 5) is 0. The first-order valence-electron chi connectivity index (χ1n) is 5.42. The minimum atomic E-state index is 0.148. The summed E-state index contributed by atoms with van der Waals surface area (Å²) >= 11 is 1.51. The molecule has 5 heteroatoms. The second-order valence-electron chi connectivity index (χ2n) is 3.84. The number of aromatic nitrogens is 2. The molecule has 90 valence electrons. The van der Waals surface area contributed by atoms with Gasteiger partial charge in [0.05, 0.1) is 5.25 Å². The highest BCUT2D eigenvalue weighted by molar-refractivity contribution is 7.99. The van der Waals surface area contributed by atoms with E-state index in [0.717, 1.165) is 0 Å². The Labute approximate surface area is 105 Å². The number of aryl methyl sites for hydroxylation is 2. The number of hydrogen-bond acceptors (Lipinski definition) is 5. The van der Waals surface area contributed by atoms with Crippen LogP contribution in [0, 0.1) is 13.8 Å². The fraction of sp³-hybridized carbons (Fsp3) is 0.333. The van der Waals surface area contributed by atoms with Gasteiger partial charge in [-0.25, -0.2) is 0 Å². The molecule has 0 radical (unpaired) electrons. The normalized spacial score (nSPS) is 12.6. The summed E-state index contributed by atoms with van der Waals surface area (Å²) in [6.45, 7) is 4.38. The zero-order valence-corrected chi connectivity index (χ0v) is 10.7. The van der Waals surface area contributed by atoms with Crippen LogP contribution in [0.3, 0.4) is 0 Å². The Hall–Kier alpha value is -1.33. The molecule has 0 aliphatic heterocycles. The first-order chi connectivity index (χ1) is 8.19. The summed E-state index contributed by atoms with van der Waals surface area (Å²) in [5, 5.41) is 8.50. The third kappa shape index (κ3) is 3.08. The SMILES string of the molecule is Cc1cccc(C(CN)Sc2nnc(C)o2)c1. The van der Waals surface area contributed by atoms with E-state index < -0.39 is 0 Å². The van der Waals surface area contributed by atoms with Crippen LogP contribution in [0.1, 0.15) is 22.3 Å². The number of hydrogen-bond donors (Lipinski definition) is 1. The molecule has 0 saturated heterocycles. The van der Waals surface area contributed by atoms with Gasteiger partial charge in [-0.2, -0.15) is 0 Å². The molecule has 0 aliphatic carbocycles. The molecular formula is C12H15N3OS. The highest BCUT2D eigenvalue weighted by Crippen LogP contribution is 2.33. The minimum absolute atomic E-state index is 0.148. The van der Waals surface area contributed by atoms with Crippen LogP contribution in [-0.4, -0.2) is 16.7 Å². The molecule has 4 nitrogen and oxygen atoms in total. The molecule has 1 heterocycles. The van der Waals surface area contributed by atoms with Crippen molar-refractivity contribution in [2.24, 2.45) is 5.73 Å². The largest absolute Gasteiger partial charge is 0.416 e. The molecule has 2 rings (SSSR count). The van der Waals surface area contributed by atoms with Crippen molar-refractivity contribution in [2.75, 3.05) is 6.54 Å². The molecule has 1 aromatic heterocycles. The summed E-state index contributed by atoms with van der Waals surface area (Å²) in [7, 11) is 0. The second kappa shape index (κ2) is 5.33. The topological polar surface area (TPSA) is 64.9 Å². The van der Waals surface area contributed by atoms with E-state index in [2.05, 4.69) is 35.3 Å². The number of thioether (sulfide) groups is 1. The highest BCUT2D eigenvalue weighted by Gasteiger charge is 2.15. The van der Waals surface area contributed by atoms with Gasteiger partial charge in [0.2, 0.25) is 5.89 Å². The van der Waals surface area contributed by atoms with Crippen LogP contribution in [0.15, 0.2) is 33.9 Å². The Morgan fingerprint density at radius 1 is 1.35 bits per heavy atom. The van der Waals surface area contributed by atoms with Gasteiger partial charge in [0.15, 0.2) is 0 Å². The van der Waals surface area contributed by atoms with Crippen LogP contribution in [0.4, 0.5) is 0 Å². The van der Waals surface area contributed by atoms with Crippen LogP contribution >= 0.6 is 11.8 Å². The van der Waals surface area contributed by atoms with Gasteiger partial charge >= 0.3 is 0 Å². The van der Waals surface area contributed by atoms with Crippen molar-refractivity contribution in [2.45, 2.75) is 24.3 Å². The van der Waals surface area contributed by atoms with Crippen LogP contribution < -0.4 is 5.73 Å². The number of nitrogens with two attached hydrogens (primary N) is 1. The number of benzene rings is 1. The van der Waals surface area contributed by atoms with Gasteiger partial charge in [0, 0.05) is 13.5 Å². The van der Waals surface area contributed by atoms with E-state index in [0.29, 0.717) is 17.7 Å². The lowest BCUT2D eigenvalue weighted by molar-refractivity contribution is 0.428.